The summed E-state index contributed by atoms with van der Waals surface area (Å²) < 4.78 is 1.10. The molecule has 0 aliphatic rings. The standard InChI is InChI=1S/C15H20BrN3S/c1-4-13(11-6-5-7-12(16)9-11)17-15-19-18-14(20-15)8-10(2)3/h5-7,9-10,13H,4,8H2,1-3H3,(H,17,19). The summed E-state index contributed by atoms with van der Waals surface area (Å²) in [5, 5.41) is 14.0. The smallest absolute Gasteiger partial charge is 0.206 e. The van der Waals surface area contributed by atoms with Gasteiger partial charge in [0.2, 0.25) is 5.13 Å². The molecule has 0 saturated heterocycles. The topological polar surface area (TPSA) is 37.8 Å². The van der Waals surface area contributed by atoms with Crippen molar-refractivity contribution in [1.82, 2.24) is 10.2 Å². The van der Waals surface area contributed by atoms with Crippen molar-refractivity contribution in [3.8, 4) is 0 Å². The molecule has 108 valence electrons. The van der Waals surface area contributed by atoms with Crippen LogP contribution in [0.5, 0.6) is 0 Å². The summed E-state index contributed by atoms with van der Waals surface area (Å²) in [6, 6.07) is 8.67. The lowest BCUT2D eigenvalue weighted by molar-refractivity contribution is 0.639. The normalized spacial score (nSPS) is 12.7. The molecule has 0 spiro atoms. The van der Waals surface area contributed by atoms with Gasteiger partial charge in [0.1, 0.15) is 5.01 Å². The van der Waals surface area contributed by atoms with Crippen molar-refractivity contribution in [2.75, 3.05) is 5.32 Å². The van der Waals surface area contributed by atoms with Crippen LogP contribution in [0.3, 0.4) is 0 Å². The van der Waals surface area contributed by atoms with Gasteiger partial charge in [-0.15, -0.1) is 10.2 Å². The van der Waals surface area contributed by atoms with Crippen LogP contribution in [0.1, 0.15) is 43.8 Å². The molecule has 1 N–H and O–H groups in total. The van der Waals surface area contributed by atoms with Gasteiger partial charge in [0.25, 0.3) is 0 Å². The van der Waals surface area contributed by atoms with Crippen molar-refractivity contribution in [2.45, 2.75) is 39.7 Å². The maximum atomic E-state index is 4.25. The third-order valence-corrected chi connectivity index (χ3v) is 4.38. The molecular formula is C15H20BrN3S. The van der Waals surface area contributed by atoms with Gasteiger partial charge in [-0.1, -0.05) is 60.2 Å². The summed E-state index contributed by atoms with van der Waals surface area (Å²) in [5.74, 6) is 0.614. The first-order valence-electron chi connectivity index (χ1n) is 6.93. The first-order chi connectivity index (χ1) is 9.58. The summed E-state index contributed by atoms with van der Waals surface area (Å²) in [4.78, 5) is 0. The molecule has 3 nitrogen and oxygen atoms in total. The van der Waals surface area contributed by atoms with Crippen molar-refractivity contribution in [3.63, 3.8) is 0 Å². The number of anilines is 1. The van der Waals surface area contributed by atoms with E-state index < -0.39 is 0 Å². The predicted molar refractivity (Wildman–Crippen MR) is 89.2 cm³/mol. The second-order valence-electron chi connectivity index (χ2n) is 5.26. The lowest BCUT2D eigenvalue weighted by Crippen LogP contribution is -2.09. The molecule has 1 heterocycles. The van der Waals surface area contributed by atoms with Crippen LogP contribution in [0, 0.1) is 5.92 Å². The Morgan fingerprint density at radius 3 is 2.75 bits per heavy atom. The summed E-state index contributed by atoms with van der Waals surface area (Å²) in [6.45, 7) is 6.57. The number of halogens is 1. The summed E-state index contributed by atoms with van der Waals surface area (Å²) in [7, 11) is 0. The Morgan fingerprint density at radius 2 is 2.10 bits per heavy atom. The molecule has 1 aromatic carbocycles. The zero-order valence-electron chi connectivity index (χ0n) is 12.1. The molecule has 2 aromatic rings. The Balaban J connectivity index is 2.08. The van der Waals surface area contributed by atoms with Gasteiger partial charge in [0, 0.05) is 10.9 Å². The number of nitrogens with one attached hydrogen (secondary N) is 1. The van der Waals surface area contributed by atoms with Crippen LogP contribution in [0.2, 0.25) is 0 Å². The molecule has 0 amide bonds. The average molecular weight is 354 g/mol. The van der Waals surface area contributed by atoms with Crippen molar-refractivity contribution in [2.24, 2.45) is 5.92 Å². The molecule has 5 heteroatoms. The maximum absolute atomic E-state index is 4.25. The monoisotopic (exact) mass is 353 g/mol. The van der Waals surface area contributed by atoms with E-state index in [1.807, 2.05) is 6.07 Å². The molecule has 2 rings (SSSR count). The highest BCUT2D eigenvalue weighted by Gasteiger charge is 2.13. The fraction of sp³-hybridized carbons (Fsp3) is 0.467. The molecule has 1 unspecified atom stereocenters. The molecule has 0 aliphatic heterocycles. The van der Waals surface area contributed by atoms with Crippen molar-refractivity contribution >= 4 is 32.4 Å². The molecule has 0 bridgehead atoms. The number of rotatable bonds is 6. The average Bonchev–Trinajstić information content (AvgIpc) is 2.82. The van der Waals surface area contributed by atoms with Gasteiger partial charge in [0.15, 0.2) is 0 Å². The lowest BCUT2D eigenvalue weighted by Gasteiger charge is -2.16. The van der Waals surface area contributed by atoms with Gasteiger partial charge in [0.05, 0.1) is 6.04 Å². The molecule has 0 aliphatic carbocycles. The fourth-order valence-electron chi connectivity index (χ4n) is 2.04. The van der Waals surface area contributed by atoms with Crippen LogP contribution in [-0.2, 0) is 6.42 Å². The van der Waals surface area contributed by atoms with Crippen molar-refractivity contribution < 1.29 is 0 Å². The summed E-state index contributed by atoms with van der Waals surface area (Å²) >= 11 is 5.18. The highest BCUT2D eigenvalue weighted by Crippen LogP contribution is 2.27. The zero-order chi connectivity index (χ0) is 14.5. The van der Waals surface area contributed by atoms with Gasteiger partial charge in [-0.05, 0) is 30.0 Å². The van der Waals surface area contributed by atoms with Gasteiger partial charge in [-0.3, -0.25) is 0 Å². The molecular weight excluding hydrogens is 334 g/mol. The Bertz CT molecular complexity index is 554. The van der Waals surface area contributed by atoms with Crippen LogP contribution in [-0.4, -0.2) is 10.2 Å². The molecule has 20 heavy (non-hydrogen) atoms. The predicted octanol–water partition coefficient (Wildman–Crippen LogP) is 5.06. The molecule has 1 atom stereocenters. The Kier molecular flexibility index (Phi) is 5.54. The second-order valence-corrected chi connectivity index (χ2v) is 7.24. The van der Waals surface area contributed by atoms with Crippen LogP contribution in [0.15, 0.2) is 28.7 Å². The van der Waals surface area contributed by atoms with Gasteiger partial charge < -0.3 is 5.32 Å². The molecule has 1 aromatic heterocycles. The zero-order valence-corrected chi connectivity index (χ0v) is 14.5. The molecule has 0 saturated carbocycles. The van der Waals surface area contributed by atoms with E-state index in [2.05, 4.69) is 70.4 Å². The third kappa shape index (κ3) is 4.28. The van der Waals surface area contributed by atoms with E-state index in [1.165, 1.54) is 5.56 Å². The van der Waals surface area contributed by atoms with E-state index in [0.29, 0.717) is 5.92 Å². The van der Waals surface area contributed by atoms with E-state index in [-0.39, 0.29) is 6.04 Å². The SMILES string of the molecule is CCC(Nc1nnc(CC(C)C)s1)c1cccc(Br)c1. The maximum Gasteiger partial charge on any atom is 0.206 e. The number of nitrogens with zero attached hydrogens (tertiary/aromatic N) is 2. The molecule has 0 radical (unpaired) electrons. The Labute approximate surface area is 133 Å². The number of hydrogen-bond acceptors (Lipinski definition) is 4. The highest BCUT2D eigenvalue weighted by atomic mass is 79.9. The van der Waals surface area contributed by atoms with Gasteiger partial charge in [-0.2, -0.15) is 0 Å². The minimum atomic E-state index is 0.271. The van der Waals surface area contributed by atoms with Crippen LogP contribution >= 0.6 is 27.3 Å². The largest absolute Gasteiger partial charge is 0.353 e. The highest BCUT2D eigenvalue weighted by molar-refractivity contribution is 9.10. The van der Waals surface area contributed by atoms with Crippen molar-refractivity contribution in [3.05, 3.63) is 39.3 Å². The fourth-order valence-corrected chi connectivity index (χ4v) is 3.46. The first kappa shape index (κ1) is 15.4. The van der Waals surface area contributed by atoms with E-state index in [9.17, 15) is 0 Å². The van der Waals surface area contributed by atoms with Crippen LogP contribution < -0.4 is 5.32 Å². The van der Waals surface area contributed by atoms with Crippen molar-refractivity contribution in [1.29, 1.82) is 0 Å². The number of benzene rings is 1. The Hall–Kier alpha value is -0.940. The first-order valence-corrected chi connectivity index (χ1v) is 8.53. The summed E-state index contributed by atoms with van der Waals surface area (Å²) in [5.41, 5.74) is 1.27. The van der Waals surface area contributed by atoms with Gasteiger partial charge >= 0.3 is 0 Å². The van der Waals surface area contributed by atoms with Gasteiger partial charge in [-0.25, -0.2) is 0 Å². The second kappa shape index (κ2) is 7.18. The quantitative estimate of drug-likeness (QED) is 0.788. The van der Waals surface area contributed by atoms with E-state index in [1.54, 1.807) is 11.3 Å². The summed E-state index contributed by atoms with van der Waals surface area (Å²) in [6.07, 6.45) is 2.00. The molecule has 0 fully saturated rings. The Morgan fingerprint density at radius 1 is 1.30 bits per heavy atom. The number of hydrogen-bond donors (Lipinski definition) is 1. The number of aromatic nitrogens is 2. The van der Waals surface area contributed by atoms with Crippen LogP contribution in [0.25, 0.3) is 0 Å². The minimum absolute atomic E-state index is 0.271. The van der Waals surface area contributed by atoms with Crippen LogP contribution in [0.4, 0.5) is 5.13 Å². The third-order valence-electron chi connectivity index (χ3n) is 3.01. The minimum Gasteiger partial charge on any atom is -0.353 e. The van der Waals surface area contributed by atoms with E-state index in [4.69, 9.17) is 0 Å². The van der Waals surface area contributed by atoms with E-state index >= 15 is 0 Å². The van der Waals surface area contributed by atoms with E-state index in [0.717, 1.165) is 27.5 Å². The lowest BCUT2D eigenvalue weighted by atomic mass is 10.1.